The fraction of sp³-hybridized carbons (Fsp3) is 0.564. The second-order valence-corrected chi connectivity index (χ2v) is 19.0. The van der Waals surface area contributed by atoms with Crippen molar-refractivity contribution in [2.45, 2.75) is 97.2 Å². The van der Waals surface area contributed by atoms with Crippen LogP contribution in [0.3, 0.4) is 0 Å². The van der Waals surface area contributed by atoms with Crippen molar-refractivity contribution in [3.05, 3.63) is 84.5 Å². The highest BCUT2D eigenvalue weighted by molar-refractivity contribution is 6.99. The van der Waals surface area contributed by atoms with Crippen LogP contribution >= 0.6 is 0 Å². The summed E-state index contributed by atoms with van der Waals surface area (Å²) in [6.45, 7) is 15.7. The van der Waals surface area contributed by atoms with Crippen LogP contribution in [0.25, 0.3) is 0 Å². The first-order valence-corrected chi connectivity index (χ1v) is 18.9. The number of benzene rings is 2. The molecule has 7 heteroatoms. The Bertz CT molecular complexity index is 1280. The fourth-order valence-electron chi connectivity index (χ4n) is 7.52. The lowest BCUT2D eigenvalue weighted by Gasteiger charge is -2.44. The summed E-state index contributed by atoms with van der Waals surface area (Å²) < 4.78 is 25.4. The first-order valence-electron chi connectivity index (χ1n) is 17.0. The molecule has 1 aliphatic carbocycles. The third kappa shape index (κ3) is 8.47. The third-order valence-electron chi connectivity index (χ3n) is 9.70. The molecule has 0 aromatic heterocycles. The zero-order valence-corrected chi connectivity index (χ0v) is 30.2. The smallest absolute Gasteiger partial charge is 0.313 e. The molecule has 46 heavy (non-hydrogen) atoms. The van der Waals surface area contributed by atoms with Gasteiger partial charge in [-0.05, 0) is 71.8 Å². The van der Waals surface area contributed by atoms with Crippen LogP contribution in [0.4, 0.5) is 0 Å². The van der Waals surface area contributed by atoms with Crippen LogP contribution in [0, 0.1) is 23.7 Å². The van der Waals surface area contributed by atoms with Crippen LogP contribution in [0.5, 0.6) is 0 Å². The predicted molar refractivity (Wildman–Crippen MR) is 187 cm³/mol. The van der Waals surface area contributed by atoms with Gasteiger partial charge in [0.1, 0.15) is 0 Å². The lowest BCUT2D eigenvalue weighted by Crippen LogP contribution is -2.66. The molecule has 6 atom stereocenters. The van der Waals surface area contributed by atoms with Crippen molar-refractivity contribution in [1.82, 2.24) is 0 Å². The maximum absolute atomic E-state index is 13.1. The van der Waals surface area contributed by atoms with E-state index in [0.717, 1.165) is 31.3 Å². The van der Waals surface area contributed by atoms with Crippen molar-refractivity contribution in [3.63, 3.8) is 0 Å². The van der Waals surface area contributed by atoms with Crippen LogP contribution in [0.2, 0.25) is 5.04 Å². The first-order chi connectivity index (χ1) is 21.8. The Kier molecular flexibility index (Phi) is 12.3. The maximum atomic E-state index is 13.1. The second-order valence-electron chi connectivity index (χ2n) is 14.7. The predicted octanol–water partition coefficient (Wildman–Crippen LogP) is 6.81. The lowest BCUT2D eigenvalue weighted by molar-refractivity contribution is -0.302. The number of hydrogen-bond donors (Lipinski definition) is 1. The monoisotopic (exact) mass is 648 g/mol. The largest absolute Gasteiger partial charge is 0.469 e. The van der Waals surface area contributed by atoms with Gasteiger partial charge in [0.2, 0.25) is 0 Å². The molecule has 1 heterocycles. The highest BCUT2D eigenvalue weighted by Crippen LogP contribution is 2.41. The van der Waals surface area contributed by atoms with E-state index in [1.54, 1.807) is 0 Å². The van der Waals surface area contributed by atoms with Gasteiger partial charge in [0.15, 0.2) is 5.79 Å². The molecule has 0 saturated carbocycles. The summed E-state index contributed by atoms with van der Waals surface area (Å²) in [7, 11) is -1.18. The molecule has 1 aliphatic heterocycles. The van der Waals surface area contributed by atoms with Gasteiger partial charge in [-0.25, -0.2) is 0 Å². The Hall–Kier alpha value is -2.55. The molecule has 2 aromatic carbocycles. The van der Waals surface area contributed by atoms with Crippen LogP contribution in [-0.4, -0.2) is 57.7 Å². The average Bonchev–Trinajstić information content (AvgIpc) is 3.02. The van der Waals surface area contributed by atoms with Crippen molar-refractivity contribution >= 4 is 24.7 Å². The topological polar surface area (TPSA) is 74.2 Å². The number of rotatable bonds is 12. The number of methoxy groups -OCH3 is 1. The quantitative estimate of drug-likeness (QED) is 0.201. The third-order valence-corrected chi connectivity index (χ3v) is 14.7. The van der Waals surface area contributed by atoms with Crippen molar-refractivity contribution in [2.24, 2.45) is 23.7 Å². The summed E-state index contributed by atoms with van der Waals surface area (Å²) in [6, 6.07) is 21.5. The first kappa shape index (κ1) is 36.3. The Labute approximate surface area is 278 Å². The number of aliphatic hydroxyl groups is 1. The number of aliphatic hydroxyl groups excluding tert-OH is 1. The van der Waals surface area contributed by atoms with E-state index in [9.17, 15) is 9.90 Å². The molecule has 4 rings (SSSR count). The molecule has 0 spiro atoms. The van der Waals surface area contributed by atoms with Crippen LogP contribution in [0.1, 0.15) is 74.1 Å². The Morgan fingerprint density at radius 3 is 2.09 bits per heavy atom. The Morgan fingerprint density at radius 2 is 1.57 bits per heavy atom. The van der Waals surface area contributed by atoms with Gasteiger partial charge in [-0.2, -0.15) is 0 Å². The minimum atomic E-state index is -2.63. The van der Waals surface area contributed by atoms with E-state index < -0.39 is 14.1 Å². The summed E-state index contributed by atoms with van der Waals surface area (Å²) >= 11 is 0. The standard InChI is InChI=1S/C39H56O6Si/c1-28(27-40)25-30-20-19-29(2)35(36(30)37(41)42-8)22-21-31-26-32(45-39(6,7)44-31)23-24-43-46(38(3,4)5,33-15-11-9-12-16-33)34-17-13-10-14-18-34/h9-20,25,28-29,31-32,35-36,40H,21-24,26-27H2,1-8H3/b30-25-/t28-,29-,31+,32-,35-,36-/m0/s1. The minimum Gasteiger partial charge on any atom is -0.469 e. The summed E-state index contributed by atoms with van der Waals surface area (Å²) in [5.74, 6) is -1.03. The van der Waals surface area contributed by atoms with Crippen molar-refractivity contribution in [2.75, 3.05) is 20.3 Å². The van der Waals surface area contributed by atoms with E-state index in [-0.39, 0.29) is 53.5 Å². The molecule has 2 aromatic rings. The van der Waals surface area contributed by atoms with Gasteiger partial charge in [-0.15, -0.1) is 0 Å². The number of esters is 1. The van der Waals surface area contributed by atoms with Gasteiger partial charge in [-0.3, -0.25) is 4.79 Å². The van der Waals surface area contributed by atoms with E-state index in [2.05, 4.69) is 94.4 Å². The zero-order valence-electron chi connectivity index (χ0n) is 29.2. The lowest BCUT2D eigenvalue weighted by atomic mass is 9.71. The highest BCUT2D eigenvalue weighted by Gasteiger charge is 2.50. The van der Waals surface area contributed by atoms with Crippen LogP contribution in [0.15, 0.2) is 84.5 Å². The summed E-state index contributed by atoms with van der Waals surface area (Å²) in [5, 5.41) is 12.1. The molecule has 6 nitrogen and oxygen atoms in total. The fourth-order valence-corrected chi connectivity index (χ4v) is 12.1. The van der Waals surface area contributed by atoms with Gasteiger partial charge in [0.05, 0.1) is 25.2 Å². The molecule has 0 bridgehead atoms. The van der Waals surface area contributed by atoms with Crippen LogP contribution < -0.4 is 10.4 Å². The molecular weight excluding hydrogens is 593 g/mol. The Morgan fingerprint density at radius 1 is 1.00 bits per heavy atom. The summed E-state index contributed by atoms with van der Waals surface area (Å²) in [6.07, 6.45) is 9.40. The summed E-state index contributed by atoms with van der Waals surface area (Å²) in [5.41, 5.74) is 0.933. The summed E-state index contributed by atoms with van der Waals surface area (Å²) in [4.78, 5) is 13.1. The zero-order chi connectivity index (χ0) is 33.5. The molecule has 0 amide bonds. The SMILES string of the molecule is COC(=O)[C@H]1/C(=C\[C@H](C)CO)C=C[C@H](C)[C@@H]1CC[C@@H]1C[C@H](CCO[Si](c2ccccc2)(c2ccccc2)C(C)(C)C)OC(C)(C)O1. The number of hydrogen-bond acceptors (Lipinski definition) is 6. The normalized spacial score (nSPS) is 26.5. The second kappa shape index (κ2) is 15.6. The van der Waals surface area contributed by atoms with Crippen molar-refractivity contribution < 1.29 is 28.5 Å². The average molecular weight is 649 g/mol. The van der Waals surface area contributed by atoms with E-state index >= 15 is 0 Å². The number of carbonyl (C=O) groups is 1. The molecular formula is C39H56O6Si. The molecule has 0 unspecified atom stereocenters. The van der Waals surface area contributed by atoms with E-state index in [4.69, 9.17) is 18.6 Å². The molecule has 2 aliphatic rings. The minimum absolute atomic E-state index is 0.00168. The molecule has 1 N–H and O–H groups in total. The van der Waals surface area contributed by atoms with Gasteiger partial charge < -0.3 is 23.7 Å². The Balaban J connectivity index is 1.49. The number of allylic oxidation sites excluding steroid dienone is 2. The number of carbonyl (C=O) groups excluding carboxylic acids is 1. The van der Waals surface area contributed by atoms with Crippen LogP contribution in [-0.2, 0) is 23.4 Å². The van der Waals surface area contributed by atoms with E-state index in [1.807, 2.05) is 32.9 Å². The van der Waals surface area contributed by atoms with Crippen molar-refractivity contribution in [1.29, 1.82) is 0 Å². The molecule has 0 radical (unpaired) electrons. The molecule has 1 fully saturated rings. The molecule has 252 valence electrons. The van der Waals surface area contributed by atoms with Gasteiger partial charge in [-0.1, -0.05) is 114 Å². The van der Waals surface area contributed by atoms with Gasteiger partial charge in [0, 0.05) is 19.6 Å². The van der Waals surface area contributed by atoms with Gasteiger partial charge >= 0.3 is 5.97 Å². The highest BCUT2D eigenvalue weighted by atomic mass is 28.4. The number of ether oxygens (including phenoxy) is 3. The van der Waals surface area contributed by atoms with E-state index in [0.29, 0.717) is 6.61 Å². The van der Waals surface area contributed by atoms with Crippen molar-refractivity contribution in [3.8, 4) is 0 Å². The maximum Gasteiger partial charge on any atom is 0.313 e. The van der Waals surface area contributed by atoms with Gasteiger partial charge in [0.25, 0.3) is 8.32 Å². The van der Waals surface area contributed by atoms with E-state index in [1.165, 1.54) is 17.5 Å². The molecule has 1 saturated heterocycles.